The molecule has 1 saturated heterocycles. The number of carboxylic acids is 1. The molecule has 126 valence electrons. The average molecular weight is 338 g/mol. The minimum absolute atomic E-state index is 0.0333. The predicted octanol–water partition coefficient (Wildman–Crippen LogP) is 2.61. The van der Waals surface area contributed by atoms with Crippen LogP contribution in [0, 0.1) is 0 Å². The third-order valence-electron chi connectivity index (χ3n) is 3.77. The minimum atomic E-state index is -4.65. The van der Waals surface area contributed by atoms with Crippen molar-refractivity contribution in [1.29, 1.82) is 0 Å². The van der Waals surface area contributed by atoms with Crippen LogP contribution in [-0.2, 0) is 11.0 Å². The van der Waals surface area contributed by atoms with Crippen LogP contribution in [0.25, 0.3) is 11.4 Å². The second kappa shape index (κ2) is 6.06. The van der Waals surface area contributed by atoms with Crippen molar-refractivity contribution in [3.8, 4) is 11.4 Å². The molecule has 0 saturated carbocycles. The van der Waals surface area contributed by atoms with Crippen molar-refractivity contribution in [3.05, 3.63) is 36.3 Å². The van der Waals surface area contributed by atoms with E-state index >= 15 is 0 Å². The van der Waals surface area contributed by atoms with E-state index in [1.165, 1.54) is 29.4 Å². The van der Waals surface area contributed by atoms with E-state index in [0.29, 0.717) is 24.9 Å². The molecule has 0 aromatic carbocycles. The Labute approximate surface area is 135 Å². The van der Waals surface area contributed by atoms with Crippen molar-refractivity contribution in [2.24, 2.45) is 0 Å². The fourth-order valence-corrected chi connectivity index (χ4v) is 2.65. The number of hydrogen-bond acceptors (Lipinski definition) is 5. The highest BCUT2D eigenvalue weighted by molar-refractivity contribution is 5.78. The van der Waals surface area contributed by atoms with Crippen LogP contribution in [0.2, 0.25) is 0 Å². The van der Waals surface area contributed by atoms with Crippen molar-refractivity contribution in [1.82, 2.24) is 15.0 Å². The summed E-state index contributed by atoms with van der Waals surface area (Å²) in [5, 5.41) is 9.24. The van der Waals surface area contributed by atoms with Crippen LogP contribution in [0.4, 0.5) is 19.0 Å². The van der Waals surface area contributed by atoms with Crippen LogP contribution in [0.15, 0.2) is 30.6 Å². The zero-order valence-corrected chi connectivity index (χ0v) is 12.4. The Morgan fingerprint density at radius 2 is 1.96 bits per heavy atom. The summed E-state index contributed by atoms with van der Waals surface area (Å²) in [6, 6.07) is 2.91. The zero-order valence-electron chi connectivity index (χ0n) is 12.4. The Morgan fingerprint density at radius 3 is 2.58 bits per heavy atom. The zero-order chi connectivity index (χ0) is 17.3. The van der Waals surface area contributed by atoms with Gasteiger partial charge >= 0.3 is 12.1 Å². The maximum atomic E-state index is 13.2. The van der Waals surface area contributed by atoms with E-state index in [1.807, 2.05) is 0 Å². The topological polar surface area (TPSA) is 79.2 Å². The lowest BCUT2D eigenvalue weighted by Crippen LogP contribution is -2.36. The molecule has 1 aliphatic rings. The number of hydrogen-bond donors (Lipinski definition) is 1. The molecule has 24 heavy (non-hydrogen) atoms. The number of pyridine rings is 1. The minimum Gasteiger partial charge on any atom is -0.480 e. The van der Waals surface area contributed by atoms with E-state index in [2.05, 4.69) is 15.0 Å². The third-order valence-corrected chi connectivity index (χ3v) is 3.77. The fraction of sp³-hybridized carbons (Fsp3) is 0.333. The number of carbonyl (C=O) groups is 1. The molecule has 0 spiro atoms. The van der Waals surface area contributed by atoms with Crippen LogP contribution >= 0.6 is 0 Å². The van der Waals surface area contributed by atoms with Crippen molar-refractivity contribution in [2.75, 3.05) is 11.4 Å². The lowest BCUT2D eigenvalue weighted by atomic mass is 10.2. The maximum Gasteiger partial charge on any atom is 0.433 e. The molecule has 3 heterocycles. The van der Waals surface area contributed by atoms with Gasteiger partial charge in [0.25, 0.3) is 0 Å². The molecular weight excluding hydrogens is 325 g/mol. The summed E-state index contributed by atoms with van der Waals surface area (Å²) in [5.74, 6) is -1.22. The largest absolute Gasteiger partial charge is 0.480 e. The predicted molar refractivity (Wildman–Crippen MR) is 78.3 cm³/mol. The number of rotatable bonds is 3. The van der Waals surface area contributed by atoms with Gasteiger partial charge in [-0.25, -0.2) is 14.8 Å². The van der Waals surface area contributed by atoms with Gasteiger partial charge in [-0.1, -0.05) is 0 Å². The quantitative estimate of drug-likeness (QED) is 0.927. The summed E-state index contributed by atoms with van der Waals surface area (Å²) < 4.78 is 39.5. The summed E-state index contributed by atoms with van der Waals surface area (Å²) >= 11 is 0. The van der Waals surface area contributed by atoms with Crippen LogP contribution in [0.1, 0.15) is 18.5 Å². The second-order valence-electron chi connectivity index (χ2n) is 5.36. The summed E-state index contributed by atoms with van der Waals surface area (Å²) in [6.07, 6.45) is -0.862. The van der Waals surface area contributed by atoms with Crippen molar-refractivity contribution >= 4 is 11.8 Å². The van der Waals surface area contributed by atoms with Crippen LogP contribution in [-0.4, -0.2) is 38.6 Å². The van der Waals surface area contributed by atoms with Crippen LogP contribution < -0.4 is 4.90 Å². The number of aliphatic carboxylic acids is 1. The molecule has 1 fully saturated rings. The molecule has 1 unspecified atom stereocenters. The van der Waals surface area contributed by atoms with E-state index in [9.17, 15) is 23.1 Å². The molecule has 0 amide bonds. The van der Waals surface area contributed by atoms with Crippen molar-refractivity contribution in [3.63, 3.8) is 0 Å². The third kappa shape index (κ3) is 3.15. The van der Waals surface area contributed by atoms with Gasteiger partial charge in [0.15, 0.2) is 11.5 Å². The molecule has 2 aromatic heterocycles. The first-order valence-electron chi connectivity index (χ1n) is 7.22. The lowest BCUT2D eigenvalue weighted by Gasteiger charge is -2.23. The van der Waals surface area contributed by atoms with E-state index in [0.717, 1.165) is 6.07 Å². The molecular formula is C15H13F3N4O2. The Morgan fingerprint density at radius 1 is 1.25 bits per heavy atom. The fourth-order valence-electron chi connectivity index (χ4n) is 2.65. The Hall–Kier alpha value is -2.71. The molecule has 2 aromatic rings. The average Bonchev–Trinajstić information content (AvgIpc) is 3.04. The first kappa shape index (κ1) is 16.2. The summed E-state index contributed by atoms with van der Waals surface area (Å²) in [6.45, 7) is 0.334. The number of alkyl halides is 3. The maximum absolute atomic E-state index is 13.2. The van der Waals surface area contributed by atoms with Gasteiger partial charge in [-0.3, -0.25) is 4.98 Å². The second-order valence-corrected chi connectivity index (χ2v) is 5.36. The Bertz CT molecular complexity index is 752. The SMILES string of the molecule is O=C(O)C1CCCN1c1cc(C(F)(F)F)nc(-c2ccncc2)n1. The first-order chi connectivity index (χ1) is 11.4. The number of nitrogens with zero attached hydrogens (tertiary/aromatic N) is 4. The van der Waals surface area contributed by atoms with Gasteiger partial charge in [-0.15, -0.1) is 0 Å². The number of aromatic nitrogens is 3. The Balaban J connectivity index is 2.11. The van der Waals surface area contributed by atoms with E-state index in [-0.39, 0.29) is 11.6 Å². The van der Waals surface area contributed by atoms with Gasteiger partial charge in [0.05, 0.1) is 0 Å². The molecule has 1 atom stereocenters. The molecule has 9 heteroatoms. The highest BCUT2D eigenvalue weighted by Crippen LogP contribution is 2.33. The number of anilines is 1. The molecule has 0 aliphatic carbocycles. The Kier molecular flexibility index (Phi) is 4.08. The van der Waals surface area contributed by atoms with Crippen molar-refractivity contribution in [2.45, 2.75) is 25.1 Å². The van der Waals surface area contributed by atoms with Gasteiger partial charge in [0, 0.05) is 30.6 Å². The number of carboxylic acid groups (broad SMARTS) is 1. The normalized spacial score (nSPS) is 18.0. The molecule has 0 bridgehead atoms. The van der Waals surface area contributed by atoms with Gasteiger partial charge in [-0.05, 0) is 25.0 Å². The molecule has 3 rings (SSSR count). The van der Waals surface area contributed by atoms with E-state index in [1.54, 1.807) is 0 Å². The standard InChI is InChI=1S/C15H13F3N4O2/c16-15(17,18)11-8-12(22-7-1-2-10(22)14(23)24)21-13(20-11)9-3-5-19-6-4-9/h3-6,8,10H,1-2,7H2,(H,23,24). The van der Waals surface area contributed by atoms with Gasteiger partial charge in [0.2, 0.25) is 0 Å². The summed E-state index contributed by atoms with van der Waals surface area (Å²) in [4.78, 5) is 24.2. The van der Waals surface area contributed by atoms with Crippen molar-refractivity contribution < 1.29 is 23.1 Å². The van der Waals surface area contributed by atoms with Crippen LogP contribution in [0.5, 0.6) is 0 Å². The summed E-state index contributed by atoms with van der Waals surface area (Å²) in [7, 11) is 0. The summed E-state index contributed by atoms with van der Waals surface area (Å²) in [5.41, 5.74) is -0.723. The highest BCUT2D eigenvalue weighted by atomic mass is 19.4. The smallest absolute Gasteiger partial charge is 0.433 e. The van der Waals surface area contributed by atoms with Gasteiger partial charge in [0.1, 0.15) is 11.9 Å². The highest BCUT2D eigenvalue weighted by Gasteiger charge is 2.37. The van der Waals surface area contributed by atoms with Gasteiger partial charge < -0.3 is 10.0 Å². The van der Waals surface area contributed by atoms with Crippen LogP contribution in [0.3, 0.4) is 0 Å². The molecule has 0 radical (unpaired) electrons. The van der Waals surface area contributed by atoms with E-state index in [4.69, 9.17) is 0 Å². The molecule has 1 N–H and O–H groups in total. The monoisotopic (exact) mass is 338 g/mol. The number of halogens is 3. The van der Waals surface area contributed by atoms with E-state index < -0.39 is 23.9 Å². The van der Waals surface area contributed by atoms with Gasteiger partial charge in [-0.2, -0.15) is 13.2 Å². The molecule has 6 nitrogen and oxygen atoms in total. The first-order valence-corrected chi connectivity index (χ1v) is 7.22. The molecule has 1 aliphatic heterocycles. The lowest BCUT2D eigenvalue weighted by molar-refractivity contribution is -0.141.